The van der Waals surface area contributed by atoms with Crippen LogP contribution >= 0.6 is 0 Å². The minimum absolute atomic E-state index is 0.0439. The molecule has 3 heteroatoms. The first-order valence-electron chi connectivity index (χ1n) is 7.58. The highest BCUT2D eigenvalue weighted by atomic mass is 14.9. The van der Waals surface area contributed by atoms with E-state index < -0.39 is 0 Å². The zero-order valence-corrected chi connectivity index (χ0v) is 12.2. The number of nitriles is 1. The predicted octanol–water partition coefficient (Wildman–Crippen LogP) is 4.48. The summed E-state index contributed by atoms with van der Waals surface area (Å²) in [6.45, 7) is 4.18. The maximum absolute atomic E-state index is 9.32. The van der Waals surface area contributed by atoms with E-state index in [9.17, 15) is 5.26 Å². The lowest BCUT2D eigenvalue weighted by Gasteiger charge is -2.12. The maximum atomic E-state index is 9.32. The van der Waals surface area contributed by atoms with E-state index in [1.165, 1.54) is 25.7 Å². The van der Waals surface area contributed by atoms with E-state index in [1.807, 2.05) is 6.07 Å². The van der Waals surface area contributed by atoms with Gasteiger partial charge in [-0.25, -0.2) is 4.98 Å². The fourth-order valence-corrected chi connectivity index (χ4v) is 3.24. The quantitative estimate of drug-likeness (QED) is 0.891. The van der Waals surface area contributed by atoms with Crippen molar-refractivity contribution < 1.29 is 0 Å². The van der Waals surface area contributed by atoms with Crippen LogP contribution in [0.4, 0.5) is 0 Å². The molecule has 1 atom stereocenters. The Balaban J connectivity index is 1.97. The van der Waals surface area contributed by atoms with Crippen LogP contribution in [0.2, 0.25) is 0 Å². The Morgan fingerprint density at radius 3 is 2.70 bits per heavy atom. The number of imidazole rings is 1. The predicted molar refractivity (Wildman–Crippen MR) is 80.5 cm³/mol. The van der Waals surface area contributed by atoms with Gasteiger partial charge in [-0.3, -0.25) is 0 Å². The van der Waals surface area contributed by atoms with Crippen molar-refractivity contribution in [2.75, 3.05) is 0 Å². The summed E-state index contributed by atoms with van der Waals surface area (Å²) in [6.07, 6.45) is 5.13. The van der Waals surface area contributed by atoms with E-state index >= 15 is 0 Å². The Bertz CT molecular complexity index is 642. The molecule has 1 N–H and O–H groups in total. The summed E-state index contributed by atoms with van der Waals surface area (Å²) in [5.74, 6) is 2.02. The van der Waals surface area contributed by atoms with Crippen LogP contribution in [0.5, 0.6) is 0 Å². The molecule has 1 fully saturated rings. The lowest BCUT2D eigenvalue weighted by molar-refractivity contribution is 0.587. The van der Waals surface area contributed by atoms with Crippen molar-refractivity contribution in [2.45, 2.75) is 51.4 Å². The van der Waals surface area contributed by atoms with Crippen molar-refractivity contribution in [3.63, 3.8) is 0 Å². The number of aromatic nitrogens is 2. The zero-order valence-electron chi connectivity index (χ0n) is 12.2. The molecule has 1 saturated carbocycles. The second-order valence-corrected chi connectivity index (χ2v) is 6.23. The number of hydrogen-bond donors (Lipinski definition) is 1. The summed E-state index contributed by atoms with van der Waals surface area (Å²) in [6, 6.07) is 8.61. The molecule has 20 heavy (non-hydrogen) atoms. The Kier molecular flexibility index (Phi) is 3.48. The number of hydrogen-bond acceptors (Lipinski definition) is 2. The van der Waals surface area contributed by atoms with Gasteiger partial charge in [0.25, 0.3) is 0 Å². The van der Waals surface area contributed by atoms with Crippen molar-refractivity contribution in [2.24, 2.45) is 5.92 Å². The van der Waals surface area contributed by atoms with Crippen molar-refractivity contribution in [3.8, 4) is 6.07 Å². The maximum Gasteiger partial charge on any atom is 0.110 e. The van der Waals surface area contributed by atoms with Gasteiger partial charge in [-0.15, -0.1) is 0 Å². The van der Waals surface area contributed by atoms with Crippen LogP contribution in [0.15, 0.2) is 18.2 Å². The van der Waals surface area contributed by atoms with E-state index in [4.69, 9.17) is 4.98 Å². The smallest absolute Gasteiger partial charge is 0.110 e. The minimum Gasteiger partial charge on any atom is -0.342 e. The number of aromatic amines is 1. The van der Waals surface area contributed by atoms with Gasteiger partial charge in [0, 0.05) is 5.92 Å². The van der Waals surface area contributed by atoms with Gasteiger partial charge >= 0.3 is 0 Å². The molecule has 1 unspecified atom stereocenters. The van der Waals surface area contributed by atoms with E-state index in [0.717, 1.165) is 22.4 Å². The monoisotopic (exact) mass is 267 g/mol. The molecular formula is C17H21N3. The minimum atomic E-state index is -0.0439. The molecule has 0 bridgehead atoms. The van der Waals surface area contributed by atoms with Crippen molar-refractivity contribution in [1.82, 2.24) is 9.97 Å². The average Bonchev–Trinajstić information content (AvgIpc) is 3.07. The highest BCUT2D eigenvalue weighted by Gasteiger charge is 2.21. The lowest BCUT2D eigenvalue weighted by atomic mass is 9.90. The van der Waals surface area contributed by atoms with Crippen LogP contribution in [0.25, 0.3) is 11.0 Å². The fourth-order valence-electron chi connectivity index (χ4n) is 3.24. The zero-order chi connectivity index (χ0) is 14.1. The van der Waals surface area contributed by atoms with Crippen LogP contribution in [-0.4, -0.2) is 9.97 Å². The summed E-state index contributed by atoms with van der Waals surface area (Å²) in [7, 11) is 0. The lowest BCUT2D eigenvalue weighted by Crippen LogP contribution is -2.03. The summed E-state index contributed by atoms with van der Waals surface area (Å²) in [5.41, 5.74) is 3.19. The van der Waals surface area contributed by atoms with Crippen molar-refractivity contribution in [1.29, 1.82) is 5.26 Å². The molecule has 1 aliphatic rings. The Morgan fingerprint density at radius 2 is 2.05 bits per heavy atom. The molecule has 0 radical (unpaired) electrons. The third kappa shape index (κ3) is 2.31. The molecule has 0 saturated heterocycles. The molecule has 1 aromatic carbocycles. The first-order valence-corrected chi connectivity index (χ1v) is 7.58. The second-order valence-electron chi connectivity index (χ2n) is 6.23. The molecule has 104 valence electrons. The Hall–Kier alpha value is -1.82. The third-order valence-corrected chi connectivity index (χ3v) is 4.43. The largest absolute Gasteiger partial charge is 0.342 e. The molecule has 3 rings (SSSR count). The van der Waals surface area contributed by atoms with Gasteiger partial charge < -0.3 is 4.98 Å². The molecule has 1 aromatic heterocycles. The number of H-pyrrole nitrogens is 1. The van der Waals surface area contributed by atoms with Crippen LogP contribution in [0.1, 0.15) is 62.8 Å². The molecule has 0 aliphatic heterocycles. The molecule has 1 heterocycles. The number of nitrogens with zero attached hydrogens (tertiary/aromatic N) is 2. The highest BCUT2D eigenvalue weighted by Crippen LogP contribution is 2.34. The standard InChI is InChI=1S/C17H21N3/c1-11(2)14(10-18)13-7-8-15-16(9-13)20-17(19-15)12-5-3-4-6-12/h7-9,11-12,14H,3-6H2,1-2H3,(H,19,20). The molecule has 2 aromatic rings. The van der Waals surface area contributed by atoms with E-state index in [1.54, 1.807) is 0 Å². The second kappa shape index (κ2) is 5.28. The summed E-state index contributed by atoms with van der Waals surface area (Å²) in [5, 5.41) is 9.32. The van der Waals surface area contributed by atoms with Crippen LogP contribution < -0.4 is 0 Å². The number of nitrogens with one attached hydrogen (secondary N) is 1. The van der Waals surface area contributed by atoms with Gasteiger partial charge in [0.15, 0.2) is 0 Å². The average molecular weight is 267 g/mol. The van der Waals surface area contributed by atoms with Crippen LogP contribution in [-0.2, 0) is 0 Å². The Morgan fingerprint density at radius 1 is 1.30 bits per heavy atom. The van der Waals surface area contributed by atoms with Gasteiger partial charge in [0.1, 0.15) is 5.82 Å². The van der Waals surface area contributed by atoms with Gasteiger partial charge in [-0.2, -0.15) is 5.26 Å². The number of fused-ring (bicyclic) bond motifs is 1. The molecular weight excluding hydrogens is 246 g/mol. The fraction of sp³-hybridized carbons (Fsp3) is 0.529. The van der Waals surface area contributed by atoms with Gasteiger partial charge in [-0.1, -0.05) is 32.8 Å². The summed E-state index contributed by atoms with van der Waals surface area (Å²) >= 11 is 0. The molecule has 0 spiro atoms. The molecule has 3 nitrogen and oxygen atoms in total. The molecule has 1 aliphatic carbocycles. The van der Waals surface area contributed by atoms with E-state index in [-0.39, 0.29) is 5.92 Å². The topological polar surface area (TPSA) is 52.5 Å². The summed E-state index contributed by atoms with van der Waals surface area (Å²) in [4.78, 5) is 8.20. The SMILES string of the molecule is CC(C)C(C#N)c1ccc2nc(C3CCCC3)[nH]c2c1. The van der Waals surface area contributed by atoms with Gasteiger partial charge in [-0.05, 0) is 36.5 Å². The number of rotatable bonds is 3. The van der Waals surface area contributed by atoms with Crippen LogP contribution in [0, 0.1) is 17.2 Å². The van der Waals surface area contributed by atoms with Crippen LogP contribution in [0.3, 0.4) is 0 Å². The van der Waals surface area contributed by atoms with E-state index in [0.29, 0.717) is 11.8 Å². The van der Waals surface area contributed by atoms with Crippen molar-refractivity contribution in [3.05, 3.63) is 29.6 Å². The Labute approximate surface area is 120 Å². The van der Waals surface area contributed by atoms with Gasteiger partial charge in [0.05, 0.1) is 23.0 Å². The van der Waals surface area contributed by atoms with E-state index in [2.05, 4.69) is 37.0 Å². The van der Waals surface area contributed by atoms with Gasteiger partial charge in [0.2, 0.25) is 0 Å². The first kappa shape index (κ1) is 13.2. The van der Waals surface area contributed by atoms with Crippen molar-refractivity contribution >= 4 is 11.0 Å². The third-order valence-electron chi connectivity index (χ3n) is 4.43. The normalized spacial score (nSPS) is 17.7. The first-order chi connectivity index (χ1) is 9.69. The highest BCUT2D eigenvalue weighted by molar-refractivity contribution is 5.76. The number of benzene rings is 1. The summed E-state index contributed by atoms with van der Waals surface area (Å²) < 4.78 is 0. The molecule has 0 amide bonds.